The fourth-order valence-electron chi connectivity index (χ4n) is 3.88. The number of rotatable bonds is 4. The van der Waals surface area contributed by atoms with Gasteiger partial charge in [0.25, 0.3) is 11.8 Å². The molecule has 0 saturated carbocycles. The van der Waals surface area contributed by atoms with Gasteiger partial charge >= 0.3 is 0 Å². The molecule has 7 rings (SSSR count). The van der Waals surface area contributed by atoms with Crippen LogP contribution in [-0.2, 0) is 0 Å². The monoisotopic (exact) mass is 506 g/mol. The van der Waals surface area contributed by atoms with Crippen molar-refractivity contribution in [2.75, 3.05) is 0 Å². The minimum absolute atomic E-state index is 0.0882. The van der Waals surface area contributed by atoms with Gasteiger partial charge in [-0.05, 0) is 42.5 Å². The molecule has 7 aromatic rings. The third-order valence-corrected chi connectivity index (χ3v) is 5.69. The lowest BCUT2D eigenvalue weighted by atomic mass is 10.1. The first-order chi connectivity index (χ1) is 18.6. The Morgan fingerprint density at radius 1 is 0.526 bits per heavy atom. The summed E-state index contributed by atoms with van der Waals surface area (Å²) in [4.78, 5) is 17.0. The molecule has 12 heteroatoms. The van der Waals surface area contributed by atoms with Gasteiger partial charge in [-0.2, -0.15) is 0 Å². The Balaban J connectivity index is 1.20. The van der Waals surface area contributed by atoms with E-state index in [0.717, 1.165) is 0 Å². The summed E-state index contributed by atoms with van der Waals surface area (Å²) in [6.07, 6.45) is 2.88. The van der Waals surface area contributed by atoms with Crippen molar-refractivity contribution in [3.05, 3.63) is 84.7 Å². The van der Waals surface area contributed by atoms with Crippen LogP contribution in [0.4, 0.5) is 8.78 Å². The van der Waals surface area contributed by atoms with E-state index in [1.54, 1.807) is 48.5 Å². The van der Waals surface area contributed by atoms with Crippen LogP contribution in [-0.4, -0.2) is 40.3 Å². The van der Waals surface area contributed by atoms with Crippen molar-refractivity contribution in [1.29, 1.82) is 0 Å². The zero-order chi connectivity index (χ0) is 25.6. The second-order valence-corrected chi connectivity index (χ2v) is 8.13. The van der Waals surface area contributed by atoms with E-state index in [1.165, 1.54) is 24.5 Å². The quantitative estimate of drug-likeness (QED) is 0.311. The highest BCUT2D eigenvalue weighted by Gasteiger charge is 2.17. The first-order valence-corrected chi connectivity index (χ1v) is 11.2. The van der Waals surface area contributed by atoms with Crippen LogP contribution >= 0.6 is 0 Å². The standard InChI is InChI=1S/C26H12F2N8O2/c27-15-6-2-8-17-21(15)31-19(11-29-17)25-35-33-23(37-25)13-4-1-5-14(10-13)24-34-36-26(38-24)20-12-30-18-9-3-7-16(28)22(18)32-20/h1-12H. The van der Waals surface area contributed by atoms with Gasteiger partial charge in [0.15, 0.2) is 11.6 Å². The van der Waals surface area contributed by atoms with Gasteiger partial charge in [-0.25, -0.2) is 18.7 Å². The molecule has 0 aliphatic carbocycles. The molecule has 0 atom stereocenters. The Labute approximate surface area is 211 Å². The average Bonchev–Trinajstić information content (AvgIpc) is 3.65. The second kappa shape index (κ2) is 8.55. The molecule has 0 spiro atoms. The van der Waals surface area contributed by atoms with Gasteiger partial charge in [-0.15, -0.1) is 20.4 Å². The number of benzene rings is 3. The Bertz CT molecular complexity index is 1850. The van der Waals surface area contributed by atoms with Gasteiger partial charge in [0, 0.05) is 11.1 Å². The normalized spacial score (nSPS) is 11.4. The van der Waals surface area contributed by atoms with E-state index >= 15 is 0 Å². The summed E-state index contributed by atoms with van der Waals surface area (Å²) in [6, 6.07) is 16.1. The summed E-state index contributed by atoms with van der Waals surface area (Å²) in [6.45, 7) is 0. The molecule has 182 valence electrons. The molecule has 0 fully saturated rings. The number of hydrogen-bond donors (Lipinski definition) is 0. The molecule has 10 nitrogen and oxygen atoms in total. The fraction of sp³-hybridized carbons (Fsp3) is 0. The van der Waals surface area contributed by atoms with Crippen LogP contribution in [0.2, 0.25) is 0 Å². The largest absolute Gasteiger partial charge is 0.415 e. The maximum atomic E-state index is 14.1. The van der Waals surface area contributed by atoms with Crippen LogP contribution < -0.4 is 0 Å². The minimum atomic E-state index is -0.497. The molecule has 38 heavy (non-hydrogen) atoms. The van der Waals surface area contributed by atoms with E-state index in [-0.39, 0.29) is 46.0 Å². The summed E-state index contributed by atoms with van der Waals surface area (Å²) >= 11 is 0. The van der Waals surface area contributed by atoms with Crippen LogP contribution in [0, 0.1) is 11.6 Å². The second-order valence-electron chi connectivity index (χ2n) is 8.13. The third-order valence-electron chi connectivity index (χ3n) is 5.69. The lowest BCUT2D eigenvalue weighted by molar-refractivity contribution is 0.579. The first kappa shape index (κ1) is 21.7. The van der Waals surface area contributed by atoms with E-state index in [2.05, 4.69) is 40.3 Å². The summed E-state index contributed by atoms with van der Waals surface area (Å²) in [5, 5.41) is 16.3. The molecule has 0 aliphatic heterocycles. The number of aromatic nitrogens is 8. The van der Waals surface area contributed by atoms with Gasteiger partial charge in [0.05, 0.1) is 23.4 Å². The van der Waals surface area contributed by atoms with E-state index in [0.29, 0.717) is 22.2 Å². The average molecular weight is 506 g/mol. The zero-order valence-corrected chi connectivity index (χ0v) is 19.1. The van der Waals surface area contributed by atoms with E-state index < -0.39 is 11.6 Å². The minimum Gasteiger partial charge on any atom is -0.415 e. The summed E-state index contributed by atoms with van der Waals surface area (Å²) in [5.41, 5.74) is 2.69. The third kappa shape index (κ3) is 3.71. The Hall–Kier alpha value is -5.52. The van der Waals surface area contributed by atoms with Gasteiger partial charge in [-0.1, -0.05) is 18.2 Å². The Kier molecular flexibility index (Phi) is 4.89. The van der Waals surface area contributed by atoms with E-state index in [9.17, 15) is 8.78 Å². The van der Waals surface area contributed by atoms with Crippen LogP contribution in [0.15, 0.2) is 81.9 Å². The highest BCUT2D eigenvalue weighted by Crippen LogP contribution is 2.29. The number of nitrogens with zero attached hydrogens (tertiary/aromatic N) is 8. The molecule has 3 aromatic carbocycles. The number of para-hydroxylation sites is 2. The number of fused-ring (bicyclic) bond motifs is 2. The lowest BCUT2D eigenvalue weighted by Gasteiger charge is -2.00. The Morgan fingerprint density at radius 2 is 0.974 bits per heavy atom. The van der Waals surface area contributed by atoms with Crippen molar-refractivity contribution < 1.29 is 17.6 Å². The van der Waals surface area contributed by atoms with Crippen molar-refractivity contribution in [3.63, 3.8) is 0 Å². The Morgan fingerprint density at radius 3 is 1.47 bits per heavy atom. The molecule has 4 aromatic heterocycles. The predicted octanol–water partition coefficient (Wildman–Crippen LogP) is 5.29. The van der Waals surface area contributed by atoms with Gasteiger partial charge in [-0.3, -0.25) is 9.97 Å². The van der Waals surface area contributed by atoms with Crippen LogP contribution in [0.5, 0.6) is 0 Å². The van der Waals surface area contributed by atoms with Crippen molar-refractivity contribution in [2.24, 2.45) is 0 Å². The van der Waals surface area contributed by atoms with Crippen LogP contribution in [0.25, 0.3) is 68.1 Å². The molecule has 0 unspecified atom stereocenters. The van der Waals surface area contributed by atoms with Crippen molar-refractivity contribution >= 4 is 22.1 Å². The lowest BCUT2D eigenvalue weighted by Crippen LogP contribution is -1.91. The molecule has 0 bridgehead atoms. The summed E-state index contributed by atoms with van der Waals surface area (Å²) < 4.78 is 39.9. The van der Waals surface area contributed by atoms with Crippen molar-refractivity contribution in [3.8, 4) is 46.1 Å². The maximum Gasteiger partial charge on any atom is 0.268 e. The molecule has 0 radical (unpaired) electrons. The smallest absolute Gasteiger partial charge is 0.268 e. The fourth-order valence-corrected chi connectivity index (χ4v) is 3.88. The SMILES string of the molecule is Fc1cccc2ncc(-c3nnc(-c4cccc(-c5nnc(-c6cnc7cccc(F)c7n6)o5)c4)o3)nc12. The zero-order valence-electron chi connectivity index (χ0n) is 19.1. The molecule has 0 N–H and O–H groups in total. The molecule has 0 aliphatic rings. The van der Waals surface area contributed by atoms with E-state index in [1.807, 2.05) is 0 Å². The highest BCUT2D eigenvalue weighted by atomic mass is 19.1. The topological polar surface area (TPSA) is 129 Å². The summed E-state index contributed by atoms with van der Waals surface area (Å²) in [5.74, 6) is -0.415. The number of halogens is 2. The predicted molar refractivity (Wildman–Crippen MR) is 130 cm³/mol. The van der Waals surface area contributed by atoms with Crippen LogP contribution in [0.3, 0.4) is 0 Å². The van der Waals surface area contributed by atoms with Gasteiger partial charge in [0.2, 0.25) is 11.8 Å². The van der Waals surface area contributed by atoms with Crippen molar-refractivity contribution in [2.45, 2.75) is 0 Å². The molecule has 0 amide bonds. The van der Waals surface area contributed by atoms with Crippen molar-refractivity contribution in [1.82, 2.24) is 40.3 Å². The highest BCUT2D eigenvalue weighted by molar-refractivity contribution is 5.77. The van der Waals surface area contributed by atoms with Gasteiger partial charge in [0.1, 0.15) is 22.4 Å². The van der Waals surface area contributed by atoms with E-state index in [4.69, 9.17) is 8.83 Å². The van der Waals surface area contributed by atoms with Crippen LogP contribution in [0.1, 0.15) is 0 Å². The molecular formula is C26H12F2N8O2. The van der Waals surface area contributed by atoms with Gasteiger partial charge < -0.3 is 8.83 Å². The molecule has 0 saturated heterocycles. The first-order valence-electron chi connectivity index (χ1n) is 11.2. The summed E-state index contributed by atoms with van der Waals surface area (Å²) in [7, 11) is 0. The molecule has 4 heterocycles. The molecular weight excluding hydrogens is 494 g/mol. The number of hydrogen-bond acceptors (Lipinski definition) is 10. The maximum absolute atomic E-state index is 14.1.